The summed E-state index contributed by atoms with van der Waals surface area (Å²) in [5, 5.41) is 8.91. The predicted molar refractivity (Wildman–Crippen MR) is 120 cm³/mol. The highest BCUT2D eigenvalue weighted by Gasteiger charge is 2.13. The molecule has 1 amide bonds. The smallest absolute Gasteiger partial charge is 0.256 e. The third-order valence-corrected chi connectivity index (χ3v) is 7.11. The van der Waals surface area contributed by atoms with Crippen LogP contribution in [0.25, 0.3) is 0 Å². The van der Waals surface area contributed by atoms with E-state index in [1.807, 2.05) is 60.8 Å². The summed E-state index contributed by atoms with van der Waals surface area (Å²) in [6.07, 6.45) is 0. The van der Waals surface area contributed by atoms with Gasteiger partial charge in [0.1, 0.15) is 0 Å². The highest BCUT2D eigenvalue weighted by molar-refractivity contribution is 8.01. The Labute approximate surface area is 186 Å². The fourth-order valence-corrected chi connectivity index (χ4v) is 5.31. The van der Waals surface area contributed by atoms with Gasteiger partial charge in [-0.25, -0.2) is 4.98 Å². The van der Waals surface area contributed by atoms with Crippen LogP contribution < -0.4 is 5.32 Å². The van der Waals surface area contributed by atoms with Gasteiger partial charge in [0.2, 0.25) is 5.89 Å². The molecule has 0 aliphatic rings. The number of amides is 1. The van der Waals surface area contributed by atoms with Gasteiger partial charge in [0, 0.05) is 33.5 Å². The number of thiazole rings is 1. The standard InChI is InChI=1S/C21H18N4O2S3/c1-13-11-29-21(22-13)30-16-9-7-15(8-10-16)24-20(26)17-5-3-4-6-18(17)28-12-19-23-14(2)27-25-19/h3-11H,12H2,1-2H3,(H,24,26). The molecule has 6 nitrogen and oxygen atoms in total. The van der Waals surface area contributed by atoms with Gasteiger partial charge in [0.15, 0.2) is 10.2 Å². The summed E-state index contributed by atoms with van der Waals surface area (Å²) in [7, 11) is 0. The Kier molecular flexibility index (Phi) is 6.51. The van der Waals surface area contributed by atoms with Crippen molar-refractivity contribution in [3.05, 3.63) is 76.9 Å². The SMILES string of the molecule is Cc1csc(Sc2ccc(NC(=O)c3ccccc3SCc3noc(C)n3)cc2)n1. The van der Waals surface area contributed by atoms with E-state index in [2.05, 4.69) is 20.4 Å². The molecule has 0 aliphatic carbocycles. The zero-order chi connectivity index (χ0) is 20.9. The van der Waals surface area contributed by atoms with E-state index < -0.39 is 0 Å². The lowest BCUT2D eigenvalue weighted by Gasteiger charge is -2.10. The van der Waals surface area contributed by atoms with Crippen molar-refractivity contribution in [1.29, 1.82) is 0 Å². The van der Waals surface area contributed by atoms with Crippen LogP contribution in [0.1, 0.15) is 27.8 Å². The summed E-state index contributed by atoms with van der Waals surface area (Å²) >= 11 is 4.74. The van der Waals surface area contributed by atoms with Gasteiger partial charge in [-0.05, 0) is 43.3 Å². The van der Waals surface area contributed by atoms with E-state index in [0.717, 1.165) is 25.5 Å². The van der Waals surface area contributed by atoms with Crippen LogP contribution in [0.2, 0.25) is 0 Å². The van der Waals surface area contributed by atoms with Crippen molar-refractivity contribution in [1.82, 2.24) is 15.1 Å². The Morgan fingerprint density at radius 2 is 1.90 bits per heavy atom. The fraction of sp³-hybridized carbons (Fsp3) is 0.143. The van der Waals surface area contributed by atoms with E-state index in [-0.39, 0.29) is 5.91 Å². The lowest BCUT2D eigenvalue weighted by molar-refractivity contribution is 0.102. The zero-order valence-electron chi connectivity index (χ0n) is 16.3. The molecule has 0 saturated carbocycles. The number of aromatic nitrogens is 3. The summed E-state index contributed by atoms with van der Waals surface area (Å²) in [5.74, 6) is 1.52. The topological polar surface area (TPSA) is 80.9 Å². The van der Waals surface area contributed by atoms with E-state index in [0.29, 0.717) is 23.0 Å². The molecule has 4 aromatic rings. The lowest BCUT2D eigenvalue weighted by atomic mass is 10.2. The average molecular weight is 455 g/mol. The van der Waals surface area contributed by atoms with Gasteiger partial charge in [-0.2, -0.15) is 4.98 Å². The molecule has 0 unspecified atom stereocenters. The van der Waals surface area contributed by atoms with E-state index in [4.69, 9.17) is 4.52 Å². The van der Waals surface area contributed by atoms with Crippen LogP contribution in [0.3, 0.4) is 0 Å². The monoisotopic (exact) mass is 454 g/mol. The first-order valence-corrected chi connectivity index (χ1v) is 11.8. The summed E-state index contributed by atoms with van der Waals surface area (Å²) in [6.45, 7) is 3.74. The highest BCUT2D eigenvalue weighted by Crippen LogP contribution is 2.31. The van der Waals surface area contributed by atoms with E-state index >= 15 is 0 Å². The molecule has 30 heavy (non-hydrogen) atoms. The van der Waals surface area contributed by atoms with Crippen LogP contribution in [0.5, 0.6) is 0 Å². The van der Waals surface area contributed by atoms with Gasteiger partial charge in [-0.3, -0.25) is 4.79 Å². The van der Waals surface area contributed by atoms with Crippen molar-refractivity contribution >= 4 is 46.5 Å². The molecule has 0 fully saturated rings. The zero-order valence-corrected chi connectivity index (χ0v) is 18.7. The normalized spacial score (nSPS) is 10.9. The van der Waals surface area contributed by atoms with Gasteiger partial charge in [-0.15, -0.1) is 23.1 Å². The molecule has 0 atom stereocenters. The number of nitrogens with zero attached hydrogens (tertiary/aromatic N) is 3. The number of carbonyl (C=O) groups excluding carboxylic acids is 1. The van der Waals surface area contributed by atoms with Crippen molar-refractivity contribution in [2.45, 2.75) is 33.7 Å². The van der Waals surface area contributed by atoms with Crippen LogP contribution in [0, 0.1) is 13.8 Å². The minimum atomic E-state index is -0.154. The van der Waals surface area contributed by atoms with Crippen LogP contribution in [0.15, 0.2) is 72.6 Å². The number of hydrogen-bond acceptors (Lipinski definition) is 8. The molecule has 0 radical (unpaired) electrons. The predicted octanol–water partition coefficient (Wildman–Crippen LogP) is 5.84. The van der Waals surface area contributed by atoms with Gasteiger partial charge >= 0.3 is 0 Å². The molecule has 2 aromatic heterocycles. The second-order valence-corrected chi connectivity index (χ2v) is 9.55. The van der Waals surface area contributed by atoms with E-state index in [9.17, 15) is 4.79 Å². The summed E-state index contributed by atoms with van der Waals surface area (Å²) in [5.41, 5.74) is 2.38. The van der Waals surface area contributed by atoms with Crippen molar-refractivity contribution in [2.24, 2.45) is 0 Å². The molecular formula is C21H18N4O2S3. The third-order valence-electron chi connectivity index (χ3n) is 3.97. The first-order chi connectivity index (χ1) is 14.6. The second-order valence-electron chi connectivity index (χ2n) is 6.35. The molecule has 9 heteroatoms. The molecular weight excluding hydrogens is 436 g/mol. The highest BCUT2D eigenvalue weighted by atomic mass is 32.2. The van der Waals surface area contributed by atoms with Crippen molar-refractivity contribution in [3.63, 3.8) is 0 Å². The van der Waals surface area contributed by atoms with Crippen LogP contribution in [-0.2, 0) is 5.75 Å². The number of benzene rings is 2. The quantitative estimate of drug-likeness (QED) is 0.351. The van der Waals surface area contributed by atoms with Crippen molar-refractivity contribution in [3.8, 4) is 0 Å². The first-order valence-electron chi connectivity index (χ1n) is 9.09. The minimum absolute atomic E-state index is 0.154. The second kappa shape index (κ2) is 9.46. The molecule has 0 saturated heterocycles. The molecule has 1 N–H and O–H groups in total. The van der Waals surface area contributed by atoms with Crippen LogP contribution >= 0.6 is 34.9 Å². The molecule has 0 bridgehead atoms. The van der Waals surface area contributed by atoms with E-state index in [1.165, 1.54) is 11.8 Å². The summed E-state index contributed by atoms with van der Waals surface area (Å²) < 4.78 is 6.01. The molecule has 152 valence electrons. The van der Waals surface area contributed by atoms with Crippen molar-refractivity contribution < 1.29 is 9.32 Å². The number of thioether (sulfide) groups is 1. The average Bonchev–Trinajstić information content (AvgIpc) is 3.35. The van der Waals surface area contributed by atoms with Gasteiger partial charge in [0.05, 0.1) is 11.3 Å². The summed E-state index contributed by atoms with van der Waals surface area (Å²) in [4.78, 5) is 23.4. The Morgan fingerprint density at radius 1 is 1.10 bits per heavy atom. The molecule has 2 aromatic carbocycles. The molecule has 4 rings (SSSR count). The fourth-order valence-electron chi connectivity index (χ4n) is 2.61. The third kappa shape index (κ3) is 5.29. The van der Waals surface area contributed by atoms with Crippen LogP contribution in [0.4, 0.5) is 5.69 Å². The Bertz CT molecular complexity index is 1160. The number of nitrogens with one attached hydrogen (secondary N) is 1. The van der Waals surface area contributed by atoms with Crippen molar-refractivity contribution in [2.75, 3.05) is 5.32 Å². The maximum absolute atomic E-state index is 12.8. The van der Waals surface area contributed by atoms with Gasteiger partial charge in [0.25, 0.3) is 5.91 Å². The first kappa shape index (κ1) is 20.6. The molecule has 0 aliphatic heterocycles. The summed E-state index contributed by atoms with van der Waals surface area (Å²) in [6, 6.07) is 15.3. The molecule has 0 spiro atoms. The Hall–Kier alpha value is -2.62. The maximum Gasteiger partial charge on any atom is 0.256 e. The van der Waals surface area contributed by atoms with E-state index in [1.54, 1.807) is 30.0 Å². The Morgan fingerprint density at radius 3 is 2.60 bits per heavy atom. The minimum Gasteiger partial charge on any atom is -0.340 e. The lowest BCUT2D eigenvalue weighted by Crippen LogP contribution is -2.12. The number of carbonyl (C=O) groups is 1. The number of aryl methyl sites for hydroxylation is 2. The van der Waals surface area contributed by atoms with Gasteiger partial charge in [-0.1, -0.05) is 29.1 Å². The number of anilines is 1. The number of hydrogen-bond donors (Lipinski definition) is 1. The molecule has 2 heterocycles. The largest absolute Gasteiger partial charge is 0.340 e. The maximum atomic E-state index is 12.8. The van der Waals surface area contributed by atoms with Crippen LogP contribution in [-0.4, -0.2) is 21.0 Å². The number of rotatable bonds is 7. The van der Waals surface area contributed by atoms with Gasteiger partial charge < -0.3 is 9.84 Å². The Balaban J connectivity index is 1.41.